The summed E-state index contributed by atoms with van der Waals surface area (Å²) in [5, 5.41) is 24.2. The molecule has 0 aliphatic heterocycles. The number of hydrogen-bond donors (Lipinski definition) is 3. The van der Waals surface area contributed by atoms with Crippen LogP contribution in [0.2, 0.25) is 0 Å². The Morgan fingerprint density at radius 3 is 2.63 bits per heavy atom. The molecule has 1 aliphatic carbocycles. The lowest BCUT2D eigenvalue weighted by Crippen LogP contribution is -2.22. The average Bonchev–Trinajstić information content (AvgIpc) is 2.91. The first-order chi connectivity index (χ1) is 18.5. The minimum Gasteiger partial charge on any atom is -0.504 e. The zero-order chi connectivity index (χ0) is 27.3. The van der Waals surface area contributed by atoms with Gasteiger partial charge in [-0.05, 0) is 55.5 Å². The Kier molecular flexibility index (Phi) is 11.8. The maximum absolute atomic E-state index is 12.6. The van der Waals surface area contributed by atoms with Crippen molar-refractivity contribution in [3.63, 3.8) is 0 Å². The molecule has 3 N–H and O–H groups in total. The van der Waals surface area contributed by atoms with Crippen LogP contribution in [0, 0.1) is 11.8 Å². The van der Waals surface area contributed by atoms with E-state index in [4.69, 9.17) is 14.2 Å². The molecule has 0 unspecified atom stereocenters. The van der Waals surface area contributed by atoms with Crippen LogP contribution in [0.25, 0.3) is 0 Å². The number of carbonyl (C=O) groups is 1. The third kappa shape index (κ3) is 8.41. The van der Waals surface area contributed by atoms with Crippen molar-refractivity contribution in [3.05, 3.63) is 46.5 Å². The van der Waals surface area contributed by atoms with E-state index in [1.165, 1.54) is 26.4 Å². The van der Waals surface area contributed by atoms with Gasteiger partial charge in [0.15, 0.2) is 23.0 Å². The predicted molar refractivity (Wildman–Crippen MR) is 148 cm³/mol. The number of nitrogens with one attached hydrogen (secondary N) is 1. The third-order valence-corrected chi connectivity index (χ3v) is 6.76. The van der Waals surface area contributed by atoms with E-state index < -0.39 is 6.10 Å². The molecule has 0 saturated carbocycles. The van der Waals surface area contributed by atoms with E-state index >= 15 is 0 Å². The molecule has 3 rings (SSSR count). The quantitative estimate of drug-likeness (QED) is 0.236. The van der Waals surface area contributed by atoms with Gasteiger partial charge < -0.3 is 24.4 Å². The molecular weight excluding hydrogens is 482 g/mol. The number of aryl methyl sites for hydroxylation is 2. The topological polar surface area (TPSA) is 97.2 Å². The van der Waals surface area contributed by atoms with Crippen molar-refractivity contribution < 1.29 is 29.2 Å². The smallest absolute Gasteiger partial charge is 0.176 e. The molecule has 7 nitrogen and oxygen atoms in total. The largest absolute Gasteiger partial charge is 0.504 e. The van der Waals surface area contributed by atoms with Crippen LogP contribution < -0.4 is 19.5 Å². The molecule has 0 radical (unpaired) electrons. The van der Waals surface area contributed by atoms with Crippen LogP contribution in [-0.2, 0) is 24.1 Å². The standard InChI is InChI=1S/C31H41NO6/c1-4-5-6-7-17-32-21-38-30-24-9-8-10-27-23(13-16-28(35)31(27)37-3)12-15-26(34)20-25(33)14-11-22(18-24)19-29(30)36-2/h13,16,18-19,25,32-33,35H,4-7,9,11-12,14-15,17,20-21H2,1-3H3/t25-/m1/s1. The summed E-state index contributed by atoms with van der Waals surface area (Å²) < 4.78 is 17.3. The summed E-state index contributed by atoms with van der Waals surface area (Å²) in [5.41, 5.74) is 3.24. The number of Topliss-reactive ketones (excluding diaryl/α,β-unsaturated/α-hetero) is 1. The zero-order valence-electron chi connectivity index (χ0n) is 22.9. The summed E-state index contributed by atoms with van der Waals surface area (Å²) in [6, 6.07) is 7.29. The molecule has 0 aromatic heterocycles. The molecule has 2 aromatic rings. The molecule has 0 fully saturated rings. The second kappa shape index (κ2) is 15.3. The fourth-order valence-corrected chi connectivity index (χ4v) is 4.65. The molecule has 7 heteroatoms. The first kappa shape index (κ1) is 29.3. The number of hydrogen-bond acceptors (Lipinski definition) is 7. The number of unbranched alkanes of at least 4 members (excludes halogenated alkanes) is 3. The fourth-order valence-electron chi connectivity index (χ4n) is 4.65. The molecule has 206 valence electrons. The van der Waals surface area contributed by atoms with Gasteiger partial charge in [-0.2, -0.15) is 0 Å². The van der Waals surface area contributed by atoms with Crippen LogP contribution in [0.4, 0.5) is 0 Å². The SMILES string of the molecule is CCCCCCNCOc1c2cc(cc1OC)CC[C@@H](O)CC(=O)CCc1ccc(O)c(OC)c1C#CC2. The maximum Gasteiger partial charge on any atom is 0.176 e. The Morgan fingerprint density at radius 2 is 1.87 bits per heavy atom. The number of ether oxygens (including phenoxy) is 3. The van der Waals surface area contributed by atoms with Gasteiger partial charge in [0.2, 0.25) is 0 Å². The summed E-state index contributed by atoms with van der Waals surface area (Å²) in [6.07, 6.45) is 6.30. The summed E-state index contributed by atoms with van der Waals surface area (Å²) >= 11 is 0. The number of aliphatic hydroxyl groups excluding tert-OH is 1. The molecule has 2 bridgehead atoms. The van der Waals surface area contributed by atoms with Crippen LogP contribution in [0.3, 0.4) is 0 Å². The van der Waals surface area contributed by atoms with Crippen LogP contribution >= 0.6 is 0 Å². The second-order valence-corrected chi connectivity index (χ2v) is 9.70. The molecule has 0 spiro atoms. The highest BCUT2D eigenvalue weighted by Gasteiger charge is 2.18. The second-order valence-electron chi connectivity index (χ2n) is 9.70. The Labute approximate surface area is 226 Å². The highest BCUT2D eigenvalue weighted by Crippen LogP contribution is 2.35. The van der Waals surface area contributed by atoms with Crippen molar-refractivity contribution in [1.82, 2.24) is 5.32 Å². The minimum atomic E-state index is -0.722. The van der Waals surface area contributed by atoms with Crippen molar-refractivity contribution in [3.8, 4) is 34.8 Å². The number of methoxy groups -OCH3 is 2. The van der Waals surface area contributed by atoms with Crippen molar-refractivity contribution in [2.45, 2.75) is 77.2 Å². The normalized spacial score (nSPS) is 15.9. The molecule has 1 atom stereocenters. The van der Waals surface area contributed by atoms with Gasteiger partial charge in [0.05, 0.1) is 25.9 Å². The number of aliphatic hydroxyl groups is 1. The summed E-state index contributed by atoms with van der Waals surface area (Å²) in [6.45, 7) is 3.43. The van der Waals surface area contributed by atoms with Gasteiger partial charge >= 0.3 is 0 Å². The van der Waals surface area contributed by atoms with Gasteiger partial charge in [0.25, 0.3) is 0 Å². The van der Waals surface area contributed by atoms with Crippen molar-refractivity contribution >= 4 is 5.78 Å². The predicted octanol–water partition coefficient (Wildman–Crippen LogP) is 4.71. The molecule has 1 aliphatic rings. The first-order valence-corrected chi connectivity index (χ1v) is 13.6. The molecule has 0 heterocycles. The van der Waals surface area contributed by atoms with Crippen LogP contribution in [0.15, 0.2) is 24.3 Å². The average molecular weight is 524 g/mol. The Morgan fingerprint density at radius 1 is 1.03 bits per heavy atom. The van der Waals surface area contributed by atoms with Crippen LogP contribution in [0.1, 0.15) is 74.1 Å². The van der Waals surface area contributed by atoms with Crippen molar-refractivity contribution in [1.29, 1.82) is 0 Å². The van der Waals surface area contributed by atoms with E-state index in [2.05, 4.69) is 24.1 Å². The lowest BCUT2D eigenvalue weighted by atomic mass is 9.97. The highest BCUT2D eigenvalue weighted by molar-refractivity contribution is 5.79. The molecule has 0 saturated heterocycles. The van der Waals surface area contributed by atoms with E-state index in [1.807, 2.05) is 12.1 Å². The van der Waals surface area contributed by atoms with E-state index in [0.29, 0.717) is 55.2 Å². The van der Waals surface area contributed by atoms with E-state index in [1.54, 1.807) is 19.2 Å². The zero-order valence-corrected chi connectivity index (χ0v) is 22.9. The van der Waals surface area contributed by atoms with Gasteiger partial charge in [-0.1, -0.05) is 50.2 Å². The molecular formula is C31H41NO6. The van der Waals surface area contributed by atoms with Crippen LogP contribution in [-0.4, -0.2) is 49.6 Å². The Bertz CT molecular complexity index is 1130. The minimum absolute atomic E-state index is 0.00193. The summed E-state index contributed by atoms with van der Waals surface area (Å²) in [5.74, 6) is 7.93. The van der Waals surface area contributed by atoms with Gasteiger partial charge in [-0.15, -0.1) is 0 Å². The number of phenolic OH excluding ortho intramolecular Hbond substituents is 1. The lowest BCUT2D eigenvalue weighted by Gasteiger charge is -2.17. The van der Waals surface area contributed by atoms with E-state index in [-0.39, 0.29) is 24.4 Å². The van der Waals surface area contributed by atoms with E-state index in [0.717, 1.165) is 29.7 Å². The van der Waals surface area contributed by atoms with Crippen LogP contribution in [0.5, 0.6) is 23.0 Å². The number of benzene rings is 2. The van der Waals surface area contributed by atoms with Gasteiger partial charge in [-0.3, -0.25) is 10.1 Å². The van der Waals surface area contributed by atoms with Crippen molar-refractivity contribution in [2.75, 3.05) is 27.5 Å². The fraction of sp³-hybridized carbons (Fsp3) is 0.516. The van der Waals surface area contributed by atoms with Gasteiger partial charge in [0, 0.05) is 24.8 Å². The Balaban J connectivity index is 1.93. The number of carbonyl (C=O) groups excluding carboxylic acids is 1. The summed E-state index contributed by atoms with van der Waals surface area (Å²) in [4.78, 5) is 12.6. The van der Waals surface area contributed by atoms with E-state index in [9.17, 15) is 15.0 Å². The number of aromatic hydroxyl groups is 1. The third-order valence-electron chi connectivity index (χ3n) is 6.76. The van der Waals surface area contributed by atoms with Gasteiger partial charge in [-0.25, -0.2) is 0 Å². The lowest BCUT2D eigenvalue weighted by molar-refractivity contribution is -0.121. The first-order valence-electron chi connectivity index (χ1n) is 13.6. The van der Waals surface area contributed by atoms with Crippen molar-refractivity contribution in [2.24, 2.45) is 0 Å². The van der Waals surface area contributed by atoms with Gasteiger partial charge in [0.1, 0.15) is 12.5 Å². The maximum atomic E-state index is 12.6. The Hall–Kier alpha value is -3.21. The molecule has 0 amide bonds. The number of fused-ring (bicyclic) bond motifs is 3. The molecule has 38 heavy (non-hydrogen) atoms. The number of rotatable bonds is 10. The number of ketones is 1. The molecule has 2 aromatic carbocycles. The monoisotopic (exact) mass is 523 g/mol. The highest BCUT2D eigenvalue weighted by atomic mass is 16.5. The summed E-state index contributed by atoms with van der Waals surface area (Å²) in [7, 11) is 3.10. The number of phenols is 1.